The van der Waals surface area contributed by atoms with Gasteiger partial charge in [-0.05, 0) is 30.7 Å². The van der Waals surface area contributed by atoms with Crippen molar-refractivity contribution in [2.45, 2.75) is 38.6 Å². The van der Waals surface area contributed by atoms with Crippen LogP contribution in [0.1, 0.15) is 37.7 Å². The molecule has 0 N–H and O–H groups in total. The summed E-state index contributed by atoms with van der Waals surface area (Å²) in [5.41, 5.74) is 1.15. The zero-order valence-electron chi connectivity index (χ0n) is 13.9. The van der Waals surface area contributed by atoms with E-state index in [4.69, 9.17) is 0 Å². The Morgan fingerprint density at radius 2 is 1.91 bits per heavy atom. The van der Waals surface area contributed by atoms with Gasteiger partial charge in [-0.2, -0.15) is 0 Å². The highest BCUT2D eigenvalue weighted by molar-refractivity contribution is 5.80. The van der Waals surface area contributed by atoms with E-state index in [2.05, 4.69) is 0 Å². The normalized spacial score (nSPS) is 21.1. The Labute approximate surface area is 138 Å². The van der Waals surface area contributed by atoms with Gasteiger partial charge in [-0.25, -0.2) is 0 Å². The number of rotatable bonds is 5. The number of hydrogen-bond acceptors (Lipinski definition) is 2. The lowest BCUT2D eigenvalue weighted by Gasteiger charge is -2.29. The van der Waals surface area contributed by atoms with Crippen molar-refractivity contribution in [1.82, 2.24) is 9.80 Å². The van der Waals surface area contributed by atoms with E-state index in [9.17, 15) is 9.59 Å². The molecule has 2 aliphatic rings. The van der Waals surface area contributed by atoms with Crippen LogP contribution in [0.5, 0.6) is 0 Å². The van der Waals surface area contributed by atoms with Crippen LogP contribution in [0.25, 0.3) is 0 Å². The fraction of sp³-hybridized carbons (Fsp3) is 0.579. The third kappa shape index (κ3) is 3.92. The molecular formula is C19H26N2O2. The maximum Gasteiger partial charge on any atom is 0.225 e. The van der Waals surface area contributed by atoms with Crippen molar-refractivity contribution in [1.29, 1.82) is 0 Å². The Balaban J connectivity index is 1.45. The molecule has 1 heterocycles. The highest BCUT2D eigenvalue weighted by Crippen LogP contribution is 2.31. The Bertz CT molecular complexity index is 554. The summed E-state index contributed by atoms with van der Waals surface area (Å²) in [7, 11) is 1.86. The van der Waals surface area contributed by atoms with Crippen LogP contribution in [-0.2, 0) is 16.1 Å². The number of hydrogen-bond donors (Lipinski definition) is 0. The summed E-state index contributed by atoms with van der Waals surface area (Å²) < 4.78 is 0. The van der Waals surface area contributed by atoms with Gasteiger partial charge in [0.25, 0.3) is 0 Å². The third-order valence-corrected chi connectivity index (χ3v) is 5.20. The van der Waals surface area contributed by atoms with Crippen LogP contribution in [0.4, 0.5) is 0 Å². The molecule has 1 unspecified atom stereocenters. The highest BCUT2D eigenvalue weighted by Gasteiger charge is 2.34. The second-order valence-corrected chi connectivity index (χ2v) is 7.01. The molecule has 0 aromatic heterocycles. The standard InChI is InChI=1S/C19H26N2O2/c1-20(13-15-6-3-2-4-7-15)18(22)12-16-10-11-21(14-16)19(23)17-8-5-9-17/h2-4,6-7,16-17H,5,8-14H2,1H3. The smallest absolute Gasteiger partial charge is 0.225 e. The summed E-state index contributed by atoms with van der Waals surface area (Å²) in [5.74, 6) is 1.09. The fourth-order valence-corrected chi connectivity index (χ4v) is 3.46. The van der Waals surface area contributed by atoms with Crippen LogP contribution in [0, 0.1) is 11.8 Å². The SMILES string of the molecule is CN(Cc1ccccc1)C(=O)CC1CCN(C(=O)C2CCC2)C1. The summed E-state index contributed by atoms with van der Waals surface area (Å²) in [6.45, 7) is 2.24. The number of likely N-dealkylation sites (tertiary alicyclic amines) is 1. The van der Waals surface area contributed by atoms with Gasteiger partial charge in [0.2, 0.25) is 11.8 Å². The van der Waals surface area contributed by atoms with E-state index in [0.29, 0.717) is 24.8 Å². The van der Waals surface area contributed by atoms with E-state index in [1.165, 1.54) is 6.42 Å². The summed E-state index contributed by atoms with van der Waals surface area (Å²) in [6, 6.07) is 10.1. The molecule has 124 valence electrons. The molecule has 1 aliphatic carbocycles. The molecule has 1 saturated carbocycles. The van der Waals surface area contributed by atoms with Crippen LogP contribution in [0.2, 0.25) is 0 Å². The van der Waals surface area contributed by atoms with Gasteiger partial charge in [-0.1, -0.05) is 36.8 Å². The minimum Gasteiger partial charge on any atom is -0.342 e. The molecule has 2 amide bonds. The number of benzene rings is 1. The van der Waals surface area contributed by atoms with E-state index in [0.717, 1.165) is 37.9 Å². The summed E-state index contributed by atoms with van der Waals surface area (Å²) in [4.78, 5) is 28.5. The van der Waals surface area contributed by atoms with Gasteiger partial charge in [0.15, 0.2) is 0 Å². The third-order valence-electron chi connectivity index (χ3n) is 5.20. The maximum absolute atomic E-state index is 12.4. The Kier molecular flexibility index (Phi) is 4.99. The van der Waals surface area contributed by atoms with E-state index in [1.807, 2.05) is 42.3 Å². The van der Waals surface area contributed by atoms with Crippen molar-refractivity contribution < 1.29 is 9.59 Å². The van der Waals surface area contributed by atoms with Crippen LogP contribution in [0.3, 0.4) is 0 Å². The van der Waals surface area contributed by atoms with Crippen molar-refractivity contribution in [2.24, 2.45) is 11.8 Å². The average molecular weight is 314 g/mol. The molecule has 2 fully saturated rings. The molecule has 3 rings (SSSR count). The number of nitrogens with zero attached hydrogens (tertiary/aromatic N) is 2. The fourth-order valence-electron chi connectivity index (χ4n) is 3.46. The molecule has 0 bridgehead atoms. The Hall–Kier alpha value is -1.84. The zero-order valence-corrected chi connectivity index (χ0v) is 13.9. The Morgan fingerprint density at radius 3 is 2.57 bits per heavy atom. The monoisotopic (exact) mass is 314 g/mol. The molecular weight excluding hydrogens is 288 g/mol. The number of amides is 2. The first-order chi connectivity index (χ1) is 11.1. The van der Waals surface area contributed by atoms with Gasteiger partial charge in [-0.15, -0.1) is 0 Å². The van der Waals surface area contributed by atoms with Crippen molar-refractivity contribution in [2.75, 3.05) is 20.1 Å². The van der Waals surface area contributed by atoms with Gasteiger partial charge in [0.1, 0.15) is 0 Å². The van der Waals surface area contributed by atoms with Crippen LogP contribution >= 0.6 is 0 Å². The van der Waals surface area contributed by atoms with E-state index < -0.39 is 0 Å². The molecule has 1 aromatic carbocycles. The molecule has 1 aromatic rings. The second kappa shape index (κ2) is 7.16. The predicted octanol–water partition coefficient (Wildman–Crippen LogP) is 2.68. The number of carbonyl (C=O) groups is 2. The zero-order chi connectivity index (χ0) is 16.2. The second-order valence-electron chi connectivity index (χ2n) is 7.01. The van der Waals surface area contributed by atoms with Crippen molar-refractivity contribution in [3.63, 3.8) is 0 Å². The lowest BCUT2D eigenvalue weighted by atomic mass is 9.84. The average Bonchev–Trinajstić information content (AvgIpc) is 2.95. The van der Waals surface area contributed by atoms with Crippen LogP contribution in [0.15, 0.2) is 30.3 Å². The molecule has 4 heteroatoms. The van der Waals surface area contributed by atoms with E-state index in [1.54, 1.807) is 4.90 Å². The highest BCUT2D eigenvalue weighted by atomic mass is 16.2. The maximum atomic E-state index is 12.4. The minimum absolute atomic E-state index is 0.178. The lowest BCUT2D eigenvalue weighted by molar-refractivity contribution is -0.137. The van der Waals surface area contributed by atoms with Crippen molar-refractivity contribution in [3.05, 3.63) is 35.9 Å². The van der Waals surface area contributed by atoms with Gasteiger partial charge < -0.3 is 9.80 Å². The molecule has 1 atom stereocenters. The van der Waals surface area contributed by atoms with Gasteiger partial charge in [0.05, 0.1) is 0 Å². The van der Waals surface area contributed by atoms with E-state index >= 15 is 0 Å². The first-order valence-electron chi connectivity index (χ1n) is 8.70. The first kappa shape index (κ1) is 16.0. The van der Waals surface area contributed by atoms with Crippen molar-refractivity contribution >= 4 is 11.8 Å². The lowest BCUT2D eigenvalue weighted by Crippen LogP contribution is -2.37. The molecule has 4 nitrogen and oxygen atoms in total. The van der Waals surface area contributed by atoms with E-state index in [-0.39, 0.29) is 11.8 Å². The van der Waals surface area contributed by atoms with Gasteiger partial charge >= 0.3 is 0 Å². The van der Waals surface area contributed by atoms with Crippen LogP contribution in [-0.4, -0.2) is 41.8 Å². The van der Waals surface area contributed by atoms with Crippen molar-refractivity contribution in [3.8, 4) is 0 Å². The summed E-state index contributed by atoms with van der Waals surface area (Å²) in [5, 5.41) is 0. The summed E-state index contributed by atoms with van der Waals surface area (Å²) in [6.07, 6.45) is 4.81. The molecule has 0 radical (unpaired) electrons. The first-order valence-corrected chi connectivity index (χ1v) is 8.70. The molecule has 0 spiro atoms. The topological polar surface area (TPSA) is 40.6 Å². The molecule has 1 saturated heterocycles. The summed E-state index contributed by atoms with van der Waals surface area (Å²) >= 11 is 0. The minimum atomic E-state index is 0.178. The largest absolute Gasteiger partial charge is 0.342 e. The molecule has 23 heavy (non-hydrogen) atoms. The number of carbonyl (C=O) groups excluding carboxylic acids is 2. The van der Waals surface area contributed by atoms with Crippen LogP contribution < -0.4 is 0 Å². The molecule has 1 aliphatic heterocycles. The Morgan fingerprint density at radius 1 is 1.17 bits per heavy atom. The predicted molar refractivity (Wildman–Crippen MR) is 89.6 cm³/mol. The van der Waals surface area contributed by atoms with Gasteiger partial charge in [0, 0.05) is 39.0 Å². The quantitative estimate of drug-likeness (QED) is 0.838. The van der Waals surface area contributed by atoms with Gasteiger partial charge in [-0.3, -0.25) is 9.59 Å².